The number of benzene rings is 2. The molecule has 2 N–H and O–H groups in total. The highest BCUT2D eigenvalue weighted by Crippen LogP contribution is 2.41. The van der Waals surface area contributed by atoms with Crippen molar-refractivity contribution >= 4 is 28.1 Å². The van der Waals surface area contributed by atoms with Gasteiger partial charge in [-0.2, -0.15) is 0 Å². The van der Waals surface area contributed by atoms with Gasteiger partial charge in [0.2, 0.25) is 17.6 Å². The summed E-state index contributed by atoms with van der Waals surface area (Å²) in [5.74, 6) is 1.11. The van der Waals surface area contributed by atoms with Crippen molar-refractivity contribution in [1.82, 2.24) is 4.98 Å². The lowest BCUT2D eigenvalue weighted by molar-refractivity contribution is -0.113. The van der Waals surface area contributed by atoms with Gasteiger partial charge in [-0.25, -0.2) is 4.98 Å². The zero-order valence-electron chi connectivity index (χ0n) is 15.2. The molecular formula is C22H16N2O4. The van der Waals surface area contributed by atoms with Crippen molar-refractivity contribution in [2.24, 2.45) is 0 Å². The number of carbonyl (C=O) groups is 1. The first-order chi connectivity index (χ1) is 13.5. The van der Waals surface area contributed by atoms with E-state index in [9.17, 15) is 9.90 Å². The Morgan fingerprint density at radius 1 is 1.04 bits per heavy atom. The summed E-state index contributed by atoms with van der Waals surface area (Å²) in [6, 6.07) is 14.8. The van der Waals surface area contributed by atoms with Crippen molar-refractivity contribution in [3.63, 3.8) is 0 Å². The molecule has 2 aliphatic rings. The number of fused-ring (bicyclic) bond motifs is 2. The van der Waals surface area contributed by atoms with Gasteiger partial charge >= 0.3 is 0 Å². The van der Waals surface area contributed by atoms with E-state index >= 15 is 0 Å². The molecule has 0 unspecified atom stereocenters. The molecule has 6 nitrogen and oxygen atoms in total. The van der Waals surface area contributed by atoms with Gasteiger partial charge in [0.1, 0.15) is 11.3 Å². The average molecular weight is 372 g/mol. The lowest BCUT2D eigenvalue weighted by Crippen LogP contribution is -2.25. The minimum Gasteiger partial charge on any atom is -0.506 e. The van der Waals surface area contributed by atoms with Crippen LogP contribution in [-0.2, 0) is 4.79 Å². The van der Waals surface area contributed by atoms with Crippen molar-refractivity contribution in [1.29, 1.82) is 0 Å². The molecule has 3 aromatic rings. The Balaban J connectivity index is 1.54. The molecule has 0 spiro atoms. The van der Waals surface area contributed by atoms with Gasteiger partial charge in [0.25, 0.3) is 0 Å². The highest BCUT2D eigenvalue weighted by molar-refractivity contribution is 6.25. The third kappa shape index (κ3) is 2.28. The zero-order chi connectivity index (χ0) is 19.4. The van der Waals surface area contributed by atoms with Crippen LogP contribution in [0, 0.1) is 0 Å². The van der Waals surface area contributed by atoms with Crippen LogP contribution in [-0.4, -0.2) is 15.9 Å². The molecule has 5 rings (SSSR count). The second-order valence-corrected chi connectivity index (χ2v) is 6.72. The van der Waals surface area contributed by atoms with Crippen LogP contribution in [0.1, 0.15) is 19.7 Å². The highest BCUT2D eigenvalue weighted by atomic mass is 16.5. The Bertz CT molecular complexity index is 1200. The molecular weight excluding hydrogens is 356 g/mol. The van der Waals surface area contributed by atoms with Crippen LogP contribution < -0.4 is 10.1 Å². The Kier molecular flexibility index (Phi) is 3.42. The number of carbonyl (C=O) groups excluding carboxylic acids is 1. The predicted molar refractivity (Wildman–Crippen MR) is 105 cm³/mol. The van der Waals surface area contributed by atoms with Crippen molar-refractivity contribution in [2.75, 3.05) is 5.32 Å². The fourth-order valence-corrected chi connectivity index (χ4v) is 3.44. The molecule has 2 heterocycles. The molecule has 0 saturated carbocycles. The fourth-order valence-electron chi connectivity index (χ4n) is 3.44. The zero-order valence-corrected chi connectivity index (χ0v) is 15.2. The lowest BCUT2D eigenvalue weighted by Gasteiger charge is -2.23. The average Bonchev–Trinajstić information content (AvgIpc) is 3.32. The van der Waals surface area contributed by atoms with E-state index in [-0.39, 0.29) is 22.7 Å². The number of allylic oxidation sites excluding steroid dienone is 4. The molecule has 0 atom stereocenters. The molecule has 138 valence electrons. The van der Waals surface area contributed by atoms with E-state index < -0.39 is 0 Å². The van der Waals surface area contributed by atoms with Gasteiger partial charge in [0.15, 0.2) is 11.3 Å². The number of hydrogen-bond acceptors (Lipinski definition) is 6. The van der Waals surface area contributed by atoms with Crippen LogP contribution in [0.2, 0.25) is 0 Å². The number of anilines is 1. The number of Topliss-reactive ketones (excluding diaryl/α,β-unsaturated/α-hetero) is 1. The minimum absolute atomic E-state index is 0.0730. The van der Waals surface area contributed by atoms with Gasteiger partial charge in [-0.05, 0) is 38.1 Å². The van der Waals surface area contributed by atoms with Crippen molar-refractivity contribution < 1.29 is 19.1 Å². The van der Waals surface area contributed by atoms with E-state index in [1.165, 1.54) is 0 Å². The monoisotopic (exact) mass is 372 g/mol. The molecule has 0 radical (unpaired) electrons. The number of nitrogens with zero attached hydrogens (tertiary/aromatic N) is 1. The predicted octanol–water partition coefficient (Wildman–Crippen LogP) is 4.73. The molecule has 1 aliphatic heterocycles. The number of rotatable bonds is 2. The number of oxazole rings is 1. The number of aromatic nitrogens is 1. The Morgan fingerprint density at radius 3 is 2.54 bits per heavy atom. The number of para-hydroxylation sites is 4. The van der Waals surface area contributed by atoms with Crippen molar-refractivity contribution in [3.8, 4) is 5.75 Å². The number of ether oxygens (including phenoxy) is 1. The van der Waals surface area contributed by atoms with Gasteiger partial charge in [-0.3, -0.25) is 4.79 Å². The molecule has 0 amide bonds. The van der Waals surface area contributed by atoms with Gasteiger partial charge in [-0.15, -0.1) is 0 Å². The van der Waals surface area contributed by atoms with E-state index in [0.29, 0.717) is 39.8 Å². The van der Waals surface area contributed by atoms with Gasteiger partial charge in [0.05, 0.1) is 16.8 Å². The van der Waals surface area contributed by atoms with E-state index in [0.717, 1.165) is 5.69 Å². The normalized spacial score (nSPS) is 19.1. The summed E-state index contributed by atoms with van der Waals surface area (Å²) in [6.07, 6.45) is 0. The second-order valence-electron chi connectivity index (χ2n) is 6.72. The summed E-state index contributed by atoms with van der Waals surface area (Å²) < 4.78 is 11.5. The fraction of sp³-hybridized carbons (Fsp3) is 0.0909. The first-order valence-electron chi connectivity index (χ1n) is 8.85. The van der Waals surface area contributed by atoms with Crippen molar-refractivity contribution in [2.45, 2.75) is 13.8 Å². The van der Waals surface area contributed by atoms with Crippen LogP contribution in [0.3, 0.4) is 0 Å². The van der Waals surface area contributed by atoms with Gasteiger partial charge in [-0.1, -0.05) is 24.3 Å². The first kappa shape index (κ1) is 16.4. The molecule has 0 bridgehead atoms. The summed E-state index contributed by atoms with van der Waals surface area (Å²) >= 11 is 0. The Hall–Kier alpha value is -3.80. The quantitative estimate of drug-likeness (QED) is 0.633. The smallest absolute Gasteiger partial charge is 0.223 e. The summed E-state index contributed by atoms with van der Waals surface area (Å²) in [6.45, 7) is 3.46. The molecule has 1 aliphatic carbocycles. The number of nitrogens with one attached hydrogen (secondary N) is 1. The molecule has 0 fully saturated rings. The van der Waals surface area contributed by atoms with Gasteiger partial charge < -0.3 is 19.6 Å². The second kappa shape index (κ2) is 5.85. The van der Waals surface area contributed by atoms with E-state index in [2.05, 4.69) is 10.3 Å². The largest absolute Gasteiger partial charge is 0.506 e. The van der Waals surface area contributed by atoms with Crippen LogP contribution in [0.15, 0.2) is 81.3 Å². The Morgan fingerprint density at radius 2 is 1.79 bits per heavy atom. The SMILES string of the molecule is CC(=C1Nc2ccccc2O1)C1=C(O)C(=C(C)c2nc3ccccc3o2)C1=O. The summed E-state index contributed by atoms with van der Waals surface area (Å²) in [7, 11) is 0. The van der Waals surface area contributed by atoms with E-state index in [4.69, 9.17) is 9.15 Å². The first-order valence-corrected chi connectivity index (χ1v) is 8.85. The van der Waals surface area contributed by atoms with E-state index in [1.54, 1.807) is 13.8 Å². The minimum atomic E-state index is -0.261. The van der Waals surface area contributed by atoms with Crippen LogP contribution >= 0.6 is 0 Å². The van der Waals surface area contributed by atoms with Gasteiger partial charge in [0, 0.05) is 11.1 Å². The number of ketones is 1. The molecule has 6 heteroatoms. The maximum absolute atomic E-state index is 12.8. The topological polar surface area (TPSA) is 84.6 Å². The summed E-state index contributed by atoms with van der Waals surface area (Å²) in [5.41, 5.74) is 3.66. The van der Waals surface area contributed by atoms with Crippen LogP contribution in [0.4, 0.5) is 5.69 Å². The Labute approximate surface area is 160 Å². The third-order valence-electron chi connectivity index (χ3n) is 4.98. The third-order valence-corrected chi connectivity index (χ3v) is 4.98. The molecule has 2 aromatic carbocycles. The molecule has 28 heavy (non-hydrogen) atoms. The van der Waals surface area contributed by atoms with Crippen molar-refractivity contribution in [3.05, 3.63) is 82.8 Å². The van der Waals surface area contributed by atoms with E-state index in [1.807, 2.05) is 48.5 Å². The van der Waals surface area contributed by atoms with Crippen LogP contribution in [0.5, 0.6) is 5.75 Å². The number of aliphatic hydroxyl groups excluding tert-OH is 1. The summed E-state index contributed by atoms with van der Waals surface area (Å²) in [5, 5.41) is 13.7. The molecule has 0 saturated heterocycles. The standard InChI is InChI=1S/C22H16N2O4/c1-11(21-23-13-7-3-5-9-15(13)27-21)17-19(25)18(20(17)26)12(2)22-24-14-8-4-6-10-16(14)28-22/h3-10,23,25H,1-2H3. The lowest BCUT2D eigenvalue weighted by atomic mass is 9.81. The number of hydrogen-bond donors (Lipinski definition) is 2. The molecule has 1 aromatic heterocycles. The highest BCUT2D eigenvalue weighted by Gasteiger charge is 2.39. The maximum Gasteiger partial charge on any atom is 0.223 e. The summed E-state index contributed by atoms with van der Waals surface area (Å²) in [4.78, 5) is 17.2. The number of aliphatic hydroxyl groups is 1. The maximum atomic E-state index is 12.8. The van der Waals surface area contributed by atoms with Crippen LogP contribution in [0.25, 0.3) is 16.7 Å².